The second kappa shape index (κ2) is 15.9. The maximum atomic E-state index is 10.8. The molecule has 0 rings (SSSR count). The minimum absolute atomic E-state index is 0.175. The van der Waals surface area contributed by atoms with E-state index in [2.05, 4.69) is 0 Å². The molecule has 8 nitrogen and oxygen atoms in total. The molecule has 4 N–H and O–H groups in total. The summed E-state index contributed by atoms with van der Waals surface area (Å²) in [5.74, 6) is 0. The summed E-state index contributed by atoms with van der Waals surface area (Å²) in [6.07, 6.45) is -0.570. The number of carbonyl (C=O) groups is 1. The van der Waals surface area contributed by atoms with Crippen LogP contribution in [0.3, 0.4) is 0 Å². The molecule has 0 bridgehead atoms. The zero-order valence-corrected chi connectivity index (χ0v) is 12.9. The topological polar surface area (TPSA) is 115 Å². The molecule has 21 heavy (non-hydrogen) atoms. The third-order valence-corrected chi connectivity index (χ3v) is 2.22. The van der Waals surface area contributed by atoms with Crippen LogP contribution in [0.1, 0.15) is 0 Å². The van der Waals surface area contributed by atoms with Gasteiger partial charge in [-0.25, -0.2) is 4.79 Å². The van der Waals surface area contributed by atoms with Gasteiger partial charge in [-0.15, -0.1) is 0 Å². The van der Waals surface area contributed by atoms with E-state index in [1.165, 1.54) is 0 Å². The van der Waals surface area contributed by atoms with Gasteiger partial charge in [-0.1, -0.05) is 0 Å². The van der Waals surface area contributed by atoms with E-state index < -0.39 is 11.5 Å². The predicted molar refractivity (Wildman–Crippen MR) is 77.5 cm³/mol. The summed E-state index contributed by atoms with van der Waals surface area (Å²) in [5.41, 5.74) is 9.65. The fourth-order valence-electron chi connectivity index (χ4n) is 1.28. The van der Waals surface area contributed by atoms with Crippen LogP contribution in [-0.4, -0.2) is 77.5 Å². The Morgan fingerprint density at radius 2 is 1.24 bits per heavy atom. The first-order chi connectivity index (χ1) is 10.2. The van der Waals surface area contributed by atoms with Crippen LogP contribution in [0.5, 0.6) is 0 Å². The van der Waals surface area contributed by atoms with Crippen molar-refractivity contribution in [2.24, 2.45) is 11.5 Å². The maximum absolute atomic E-state index is 10.8. The van der Waals surface area contributed by atoms with Crippen molar-refractivity contribution >= 4 is 17.0 Å². The number of carbonyl (C=O) groups excluding carboxylic acids is 1. The van der Waals surface area contributed by atoms with Crippen LogP contribution < -0.4 is 11.5 Å². The maximum Gasteiger partial charge on any atom is 0.404 e. The SMILES string of the molecule is NCCOCCOCC(COCCOCCN)OC(=O)Cl. The van der Waals surface area contributed by atoms with Gasteiger partial charge >= 0.3 is 5.43 Å². The lowest BCUT2D eigenvalue weighted by Crippen LogP contribution is -2.28. The highest BCUT2D eigenvalue weighted by atomic mass is 35.5. The summed E-state index contributed by atoms with van der Waals surface area (Å²) in [6, 6.07) is 0. The monoisotopic (exact) mass is 328 g/mol. The van der Waals surface area contributed by atoms with Gasteiger partial charge in [0.2, 0.25) is 0 Å². The molecule has 0 heterocycles. The Balaban J connectivity index is 3.64. The lowest BCUT2D eigenvalue weighted by molar-refractivity contribution is -0.0415. The number of rotatable bonds is 15. The Hall–Kier alpha value is -0.480. The van der Waals surface area contributed by atoms with E-state index in [1.54, 1.807) is 0 Å². The van der Waals surface area contributed by atoms with Crippen molar-refractivity contribution < 1.29 is 28.5 Å². The summed E-state index contributed by atoms with van der Waals surface area (Å²) in [4.78, 5) is 10.8. The van der Waals surface area contributed by atoms with E-state index in [0.29, 0.717) is 52.7 Å². The van der Waals surface area contributed by atoms with Gasteiger partial charge < -0.3 is 35.2 Å². The van der Waals surface area contributed by atoms with Gasteiger partial charge in [-0.3, -0.25) is 0 Å². The lowest BCUT2D eigenvalue weighted by atomic mass is 10.4. The Morgan fingerprint density at radius 3 is 1.62 bits per heavy atom. The van der Waals surface area contributed by atoms with Gasteiger partial charge in [-0.2, -0.15) is 0 Å². The molecule has 0 saturated heterocycles. The minimum Gasteiger partial charge on any atom is -0.445 e. The molecular weight excluding hydrogens is 304 g/mol. The second-order valence-corrected chi connectivity index (χ2v) is 4.24. The van der Waals surface area contributed by atoms with E-state index in [-0.39, 0.29) is 13.2 Å². The average molecular weight is 329 g/mol. The summed E-state index contributed by atoms with van der Waals surface area (Å²) in [7, 11) is 0. The van der Waals surface area contributed by atoms with E-state index in [0.717, 1.165) is 0 Å². The van der Waals surface area contributed by atoms with Gasteiger partial charge in [0.05, 0.1) is 52.9 Å². The first kappa shape index (κ1) is 20.5. The first-order valence-corrected chi connectivity index (χ1v) is 7.15. The molecule has 0 fully saturated rings. The van der Waals surface area contributed by atoms with Gasteiger partial charge in [0, 0.05) is 24.7 Å². The van der Waals surface area contributed by atoms with Crippen molar-refractivity contribution in [3.63, 3.8) is 0 Å². The number of hydrogen-bond donors (Lipinski definition) is 2. The Morgan fingerprint density at radius 1 is 0.810 bits per heavy atom. The zero-order chi connectivity index (χ0) is 15.8. The van der Waals surface area contributed by atoms with Gasteiger partial charge in [0.1, 0.15) is 6.10 Å². The number of hydrogen-bond acceptors (Lipinski definition) is 8. The fourth-order valence-corrected chi connectivity index (χ4v) is 1.41. The molecule has 9 heteroatoms. The van der Waals surface area contributed by atoms with Crippen molar-refractivity contribution in [1.82, 2.24) is 0 Å². The highest BCUT2D eigenvalue weighted by Gasteiger charge is 2.13. The second-order valence-electron chi connectivity index (χ2n) is 3.93. The van der Waals surface area contributed by atoms with Crippen LogP contribution in [0.4, 0.5) is 4.79 Å². The van der Waals surface area contributed by atoms with Crippen LogP contribution in [0.15, 0.2) is 0 Å². The highest BCUT2D eigenvalue weighted by Crippen LogP contribution is 2.00. The Kier molecular flexibility index (Phi) is 15.5. The van der Waals surface area contributed by atoms with Crippen LogP contribution >= 0.6 is 11.6 Å². The van der Waals surface area contributed by atoms with E-state index in [1.807, 2.05) is 0 Å². The number of nitrogens with two attached hydrogens (primary N) is 2. The summed E-state index contributed by atoms with van der Waals surface area (Å²) < 4.78 is 25.8. The quantitative estimate of drug-likeness (QED) is 0.311. The molecular formula is C12H25ClN2O6. The normalized spacial score (nSPS) is 11.0. The van der Waals surface area contributed by atoms with Crippen LogP contribution in [0, 0.1) is 0 Å². The summed E-state index contributed by atoms with van der Waals surface area (Å²) in [5, 5.41) is 0. The fraction of sp³-hybridized carbons (Fsp3) is 0.917. The first-order valence-electron chi connectivity index (χ1n) is 6.78. The molecule has 126 valence electrons. The average Bonchev–Trinajstić information content (AvgIpc) is 2.45. The molecule has 0 aromatic carbocycles. The van der Waals surface area contributed by atoms with Crippen LogP contribution in [-0.2, 0) is 23.7 Å². The van der Waals surface area contributed by atoms with Gasteiger partial charge in [0.25, 0.3) is 0 Å². The van der Waals surface area contributed by atoms with Gasteiger partial charge in [-0.05, 0) is 0 Å². The van der Waals surface area contributed by atoms with Crippen molar-refractivity contribution in [3.8, 4) is 0 Å². The Bertz CT molecular complexity index is 232. The molecule has 0 aliphatic heterocycles. The molecule has 0 saturated carbocycles. The van der Waals surface area contributed by atoms with Crippen molar-refractivity contribution in [3.05, 3.63) is 0 Å². The molecule has 0 unspecified atom stereocenters. The van der Waals surface area contributed by atoms with Crippen LogP contribution in [0.2, 0.25) is 0 Å². The van der Waals surface area contributed by atoms with E-state index in [4.69, 9.17) is 46.8 Å². The molecule has 0 spiro atoms. The van der Waals surface area contributed by atoms with Crippen molar-refractivity contribution in [2.75, 3.05) is 65.9 Å². The minimum atomic E-state index is -0.897. The zero-order valence-electron chi connectivity index (χ0n) is 12.1. The molecule has 0 aromatic rings. The predicted octanol–water partition coefficient (Wildman–Crippen LogP) is -0.286. The molecule has 0 aliphatic carbocycles. The summed E-state index contributed by atoms with van der Waals surface area (Å²) in [6.45, 7) is 3.83. The van der Waals surface area contributed by atoms with Crippen molar-refractivity contribution in [2.45, 2.75) is 6.10 Å². The summed E-state index contributed by atoms with van der Waals surface area (Å²) >= 11 is 5.19. The molecule has 0 atom stereocenters. The molecule has 0 radical (unpaired) electrons. The van der Waals surface area contributed by atoms with Gasteiger partial charge in [0.15, 0.2) is 0 Å². The highest BCUT2D eigenvalue weighted by molar-refractivity contribution is 6.61. The molecule has 0 aliphatic rings. The Labute approximate surface area is 129 Å². The van der Waals surface area contributed by atoms with Crippen LogP contribution in [0.25, 0.3) is 0 Å². The van der Waals surface area contributed by atoms with E-state index in [9.17, 15) is 4.79 Å². The standard InChI is InChI=1S/C12H25ClN2O6/c13-12(16)21-11(9-19-7-5-17-3-1-14)10-20-8-6-18-4-2-15/h11H,1-10,14-15H2. The third-order valence-electron chi connectivity index (χ3n) is 2.14. The van der Waals surface area contributed by atoms with Crippen molar-refractivity contribution in [1.29, 1.82) is 0 Å². The number of halogens is 1. The largest absolute Gasteiger partial charge is 0.445 e. The smallest absolute Gasteiger partial charge is 0.404 e. The van der Waals surface area contributed by atoms with E-state index >= 15 is 0 Å². The third kappa shape index (κ3) is 15.7. The lowest BCUT2D eigenvalue weighted by Gasteiger charge is -2.16. The number of ether oxygens (including phenoxy) is 5. The molecule has 0 amide bonds. The molecule has 0 aromatic heterocycles.